The molecule has 0 saturated carbocycles. The van der Waals surface area contributed by atoms with E-state index in [1.54, 1.807) is 6.92 Å². The van der Waals surface area contributed by atoms with E-state index in [1.165, 1.54) is 20.6 Å². The highest BCUT2D eigenvalue weighted by Crippen LogP contribution is 2.31. The maximum Gasteiger partial charge on any atom is 0.240 e. The molecule has 2 amide bonds. The summed E-state index contributed by atoms with van der Waals surface area (Å²) in [5.74, 6) is 4.76. The van der Waals surface area contributed by atoms with Crippen molar-refractivity contribution in [3.05, 3.63) is 48.0 Å². The molecule has 1 fully saturated rings. The van der Waals surface area contributed by atoms with Crippen LogP contribution in [0.4, 0.5) is 0 Å². The lowest BCUT2D eigenvalue weighted by Gasteiger charge is -2.37. The van der Waals surface area contributed by atoms with Crippen LogP contribution in [0, 0.1) is 17.8 Å². The Labute approximate surface area is 209 Å². The third kappa shape index (κ3) is 7.87. The molecule has 9 heteroatoms. The van der Waals surface area contributed by atoms with Gasteiger partial charge in [-0.05, 0) is 62.0 Å². The molecule has 1 heterocycles. The van der Waals surface area contributed by atoms with Gasteiger partial charge in [0.25, 0.3) is 0 Å². The van der Waals surface area contributed by atoms with Crippen molar-refractivity contribution in [3.63, 3.8) is 0 Å². The smallest absolute Gasteiger partial charge is 0.240 e. The van der Waals surface area contributed by atoms with Crippen molar-refractivity contribution in [2.24, 2.45) is 5.92 Å². The predicted octanol–water partition coefficient (Wildman–Crippen LogP) is 2.31. The van der Waals surface area contributed by atoms with Crippen molar-refractivity contribution in [2.75, 3.05) is 39.3 Å². The molecule has 1 saturated heterocycles. The molecule has 0 spiro atoms. The number of hydrogen-bond acceptors (Lipinski definition) is 4. The Balaban J connectivity index is 1.48. The highest BCUT2D eigenvalue weighted by molar-refractivity contribution is 7.76. The number of piperidine rings is 1. The molecule has 35 heavy (non-hydrogen) atoms. The largest absolute Gasteiger partial charge is 0.346 e. The zero-order chi connectivity index (χ0) is 25.2. The van der Waals surface area contributed by atoms with E-state index < -0.39 is 17.2 Å². The summed E-state index contributed by atoms with van der Waals surface area (Å²) < 4.78 is 22.8. The van der Waals surface area contributed by atoms with Crippen LogP contribution in [-0.2, 0) is 20.9 Å². The first kappa shape index (κ1) is 26.8. The molecular weight excluding hydrogens is 464 g/mol. The van der Waals surface area contributed by atoms with Gasteiger partial charge in [-0.2, -0.15) is 4.31 Å². The molecule has 2 atom stereocenters. The van der Waals surface area contributed by atoms with Gasteiger partial charge in [-0.1, -0.05) is 48.4 Å². The van der Waals surface area contributed by atoms with Gasteiger partial charge >= 0.3 is 0 Å². The van der Waals surface area contributed by atoms with Gasteiger partial charge in [0.2, 0.25) is 23.1 Å². The normalized spacial score (nSPS) is 16.3. The summed E-state index contributed by atoms with van der Waals surface area (Å²) in [6.45, 7) is 5.81. The van der Waals surface area contributed by atoms with Crippen LogP contribution in [-0.4, -0.2) is 69.0 Å². The van der Waals surface area contributed by atoms with Crippen LogP contribution in [0.1, 0.15) is 38.3 Å². The third-order valence-corrected chi connectivity index (χ3v) is 7.19. The Hall–Kier alpha value is -2.77. The lowest BCUT2D eigenvalue weighted by atomic mass is 9.93. The summed E-state index contributed by atoms with van der Waals surface area (Å²) in [6, 6.07) is 15.1. The molecule has 0 radical (unpaired) electrons. The van der Waals surface area contributed by atoms with Crippen LogP contribution in [0.3, 0.4) is 0 Å². The van der Waals surface area contributed by atoms with Crippen LogP contribution >= 0.6 is 0 Å². The second kappa shape index (κ2) is 13.4. The quantitative estimate of drug-likeness (QED) is 0.345. The van der Waals surface area contributed by atoms with Crippen molar-refractivity contribution < 1.29 is 18.4 Å². The van der Waals surface area contributed by atoms with Crippen LogP contribution in [0.5, 0.6) is 0 Å². The van der Waals surface area contributed by atoms with Crippen molar-refractivity contribution in [2.45, 2.75) is 32.7 Å². The summed E-state index contributed by atoms with van der Waals surface area (Å²) in [5, 5.41) is 7.56. The zero-order valence-corrected chi connectivity index (χ0v) is 21.1. The molecule has 2 aromatic rings. The fraction of sp³-hybridized carbons (Fsp3) is 0.462. The standard InChI is InChI=1S/C26H34N4O4S/c1-3-4-14-27-25(31)17-28-26(32)19-30(35(33)34)18-21-12-15-29(16-13-21)20(2)23-11-7-9-22-8-5-6-10-24(22)23/h5-11,20-21H,12-19H2,1-2H3,(H,27,31)(H,28,32)(H,33,34). The number of carbonyl (C=O) groups is 2. The predicted molar refractivity (Wildman–Crippen MR) is 138 cm³/mol. The van der Waals surface area contributed by atoms with Gasteiger partial charge in [0.05, 0.1) is 19.6 Å². The molecule has 3 N–H and O–H groups in total. The summed E-state index contributed by atoms with van der Waals surface area (Å²) in [6.07, 6.45) is 1.76. The Morgan fingerprint density at radius 3 is 2.57 bits per heavy atom. The van der Waals surface area contributed by atoms with E-state index >= 15 is 0 Å². The summed E-state index contributed by atoms with van der Waals surface area (Å²) in [4.78, 5) is 26.4. The van der Waals surface area contributed by atoms with Gasteiger partial charge in [0.15, 0.2) is 0 Å². The average molecular weight is 499 g/mol. The SMILES string of the molecule is CC#CCNC(=O)CNC(=O)CN(CC1CCN(C(C)c2cccc3ccccc23)CC1)S(=O)O. The first-order chi connectivity index (χ1) is 16.9. The highest BCUT2D eigenvalue weighted by atomic mass is 32.2. The number of fused-ring (bicyclic) bond motifs is 1. The molecule has 3 rings (SSSR count). The topological polar surface area (TPSA) is 102 Å². The lowest BCUT2D eigenvalue weighted by Crippen LogP contribution is -2.45. The average Bonchev–Trinajstić information content (AvgIpc) is 2.87. The number of likely N-dealkylation sites (tertiary alicyclic amines) is 1. The Morgan fingerprint density at radius 2 is 1.86 bits per heavy atom. The molecule has 0 aliphatic carbocycles. The minimum Gasteiger partial charge on any atom is -0.346 e. The number of hydrogen-bond donors (Lipinski definition) is 3. The Morgan fingerprint density at radius 1 is 1.14 bits per heavy atom. The summed E-state index contributed by atoms with van der Waals surface area (Å²) in [7, 11) is 0. The summed E-state index contributed by atoms with van der Waals surface area (Å²) in [5.41, 5.74) is 1.31. The van der Waals surface area contributed by atoms with Crippen LogP contribution < -0.4 is 10.6 Å². The molecule has 1 aliphatic rings. The molecule has 8 nitrogen and oxygen atoms in total. The molecule has 2 aromatic carbocycles. The number of rotatable bonds is 10. The van der Waals surface area contributed by atoms with E-state index in [2.05, 4.69) is 76.8 Å². The van der Waals surface area contributed by atoms with Crippen molar-refractivity contribution >= 4 is 33.9 Å². The second-order valence-electron chi connectivity index (χ2n) is 8.76. The fourth-order valence-corrected chi connectivity index (χ4v) is 5.06. The van der Waals surface area contributed by atoms with Gasteiger partial charge in [-0.25, -0.2) is 4.21 Å². The number of nitrogens with one attached hydrogen (secondary N) is 2. The fourth-order valence-electron chi connectivity index (χ4n) is 4.49. The van der Waals surface area contributed by atoms with E-state index in [9.17, 15) is 18.4 Å². The highest BCUT2D eigenvalue weighted by Gasteiger charge is 2.27. The number of nitrogens with zero attached hydrogens (tertiary/aromatic N) is 2. The van der Waals surface area contributed by atoms with Gasteiger partial charge in [0.1, 0.15) is 0 Å². The van der Waals surface area contributed by atoms with Crippen molar-refractivity contribution in [1.82, 2.24) is 19.8 Å². The van der Waals surface area contributed by atoms with Gasteiger partial charge < -0.3 is 10.6 Å². The first-order valence-corrected chi connectivity index (χ1v) is 13.0. The monoisotopic (exact) mass is 498 g/mol. The molecule has 188 valence electrons. The third-order valence-electron chi connectivity index (χ3n) is 6.47. The van der Waals surface area contributed by atoms with Gasteiger partial charge in [0, 0.05) is 12.6 Å². The molecular formula is C26H34N4O4S. The van der Waals surface area contributed by atoms with Gasteiger partial charge in [-0.15, -0.1) is 5.92 Å². The lowest BCUT2D eigenvalue weighted by molar-refractivity contribution is -0.126. The van der Waals surface area contributed by atoms with Crippen molar-refractivity contribution in [1.29, 1.82) is 0 Å². The van der Waals surface area contributed by atoms with Gasteiger partial charge in [-0.3, -0.25) is 19.0 Å². The minimum atomic E-state index is -2.27. The maximum atomic E-state index is 12.2. The first-order valence-electron chi connectivity index (χ1n) is 11.9. The van der Waals surface area contributed by atoms with Crippen molar-refractivity contribution in [3.8, 4) is 11.8 Å². The number of amides is 2. The molecule has 2 unspecified atom stereocenters. The number of benzene rings is 2. The molecule has 0 bridgehead atoms. The summed E-state index contributed by atoms with van der Waals surface area (Å²) >= 11 is -2.27. The minimum absolute atomic E-state index is 0.194. The van der Waals surface area contributed by atoms with E-state index in [4.69, 9.17) is 0 Å². The molecule has 1 aliphatic heterocycles. The Bertz CT molecular complexity index is 1100. The van der Waals surface area contributed by atoms with E-state index in [1.807, 2.05) is 0 Å². The van der Waals surface area contributed by atoms with Crippen LogP contribution in [0.2, 0.25) is 0 Å². The van der Waals surface area contributed by atoms with Crippen LogP contribution in [0.25, 0.3) is 10.8 Å². The zero-order valence-electron chi connectivity index (χ0n) is 20.3. The van der Waals surface area contributed by atoms with E-state index in [0.717, 1.165) is 25.9 Å². The second-order valence-corrected chi connectivity index (χ2v) is 9.73. The Kier molecular flexibility index (Phi) is 10.2. The van der Waals surface area contributed by atoms with Crippen LogP contribution in [0.15, 0.2) is 42.5 Å². The molecule has 0 aromatic heterocycles. The van der Waals surface area contributed by atoms with E-state index in [0.29, 0.717) is 6.54 Å². The number of carbonyl (C=O) groups excluding carboxylic acids is 2. The van der Waals surface area contributed by atoms with E-state index in [-0.39, 0.29) is 37.5 Å². The maximum absolute atomic E-state index is 12.2.